The molecule has 0 saturated carbocycles. The van der Waals surface area contributed by atoms with Crippen molar-refractivity contribution in [3.63, 3.8) is 0 Å². The van der Waals surface area contributed by atoms with Crippen LogP contribution in [0.2, 0.25) is 0 Å². The molecule has 2 unspecified atom stereocenters. The van der Waals surface area contributed by atoms with Crippen LogP contribution >= 0.6 is 0 Å². The molecule has 2 atom stereocenters. The van der Waals surface area contributed by atoms with Crippen molar-refractivity contribution in [1.29, 1.82) is 0 Å². The molecule has 0 aliphatic carbocycles. The summed E-state index contributed by atoms with van der Waals surface area (Å²) in [4.78, 5) is 0. The van der Waals surface area contributed by atoms with E-state index in [9.17, 15) is 0 Å². The van der Waals surface area contributed by atoms with Gasteiger partial charge in [-0.15, -0.1) is 0 Å². The Morgan fingerprint density at radius 2 is 2.00 bits per heavy atom. The van der Waals surface area contributed by atoms with Crippen molar-refractivity contribution in [1.82, 2.24) is 5.32 Å². The molecule has 1 aromatic carbocycles. The van der Waals surface area contributed by atoms with Crippen molar-refractivity contribution in [2.24, 2.45) is 0 Å². The topological polar surface area (TPSA) is 21.3 Å². The van der Waals surface area contributed by atoms with Crippen LogP contribution in [-0.4, -0.2) is 25.8 Å². The van der Waals surface area contributed by atoms with Gasteiger partial charge in [0.15, 0.2) is 0 Å². The summed E-state index contributed by atoms with van der Waals surface area (Å²) < 4.78 is 5.92. The van der Waals surface area contributed by atoms with Gasteiger partial charge in [-0.3, -0.25) is 0 Å². The monoisotopic (exact) mass is 247 g/mol. The molecule has 0 amide bonds. The van der Waals surface area contributed by atoms with E-state index in [2.05, 4.69) is 44.4 Å². The maximum atomic E-state index is 5.92. The van der Waals surface area contributed by atoms with Gasteiger partial charge in [0.05, 0.1) is 6.10 Å². The van der Waals surface area contributed by atoms with Gasteiger partial charge in [-0.05, 0) is 63.3 Å². The molecule has 1 aliphatic heterocycles. The molecular formula is C16H25NO. The molecule has 2 nitrogen and oxygen atoms in total. The molecule has 1 aromatic rings. The average Bonchev–Trinajstić information content (AvgIpc) is 2.40. The second-order valence-corrected chi connectivity index (χ2v) is 5.37. The minimum Gasteiger partial charge on any atom is -0.377 e. The van der Waals surface area contributed by atoms with E-state index in [4.69, 9.17) is 4.74 Å². The van der Waals surface area contributed by atoms with Gasteiger partial charge in [-0.2, -0.15) is 0 Å². The Hall–Kier alpha value is -0.860. The standard InChI is InChI=1S/C16H25NO/c1-12-7-6-8-13(2)14(12)11-15(17-3)16-9-4-5-10-18-16/h6-8,15-17H,4-5,9-11H2,1-3H3. The number of nitrogens with one attached hydrogen (secondary N) is 1. The van der Waals surface area contributed by atoms with Gasteiger partial charge in [-0.1, -0.05) is 18.2 Å². The van der Waals surface area contributed by atoms with Crippen LogP contribution in [0.4, 0.5) is 0 Å². The summed E-state index contributed by atoms with van der Waals surface area (Å²) >= 11 is 0. The third-order valence-electron chi connectivity index (χ3n) is 4.10. The van der Waals surface area contributed by atoms with Gasteiger partial charge in [-0.25, -0.2) is 0 Å². The van der Waals surface area contributed by atoms with Crippen molar-refractivity contribution in [2.75, 3.05) is 13.7 Å². The maximum Gasteiger partial charge on any atom is 0.0731 e. The summed E-state index contributed by atoms with van der Waals surface area (Å²) in [6.07, 6.45) is 5.16. The van der Waals surface area contributed by atoms with Crippen molar-refractivity contribution in [3.8, 4) is 0 Å². The lowest BCUT2D eigenvalue weighted by molar-refractivity contribution is -0.00592. The first kappa shape index (κ1) is 13.6. The Kier molecular flexibility index (Phi) is 4.79. The summed E-state index contributed by atoms with van der Waals surface area (Å²) in [5.41, 5.74) is 4.27. The van der Waals surface area contributed by atoms with E-state index in [0.717, 1.165) is 13.0 Å². The first-order chi connectivity index (χ1) is 8.72. The number of rotatable bonds is 4. The molecule has 18 heavy (non-hydrogen) atoms. The highest BCUT2D eigenvalue weighted by atomic mass is 16.5. The fraction of sp³-hybridized carbons (Fsp3) is 0.625. The molecule has 1 N–H and O–H groups in total. The van der Waals surface area contributed by atoms with E-state index in [1.807, 2.05) is 0 Å². The van der Waals surface area contributed by atoms with Crippen LogP contribution in [0.3, 0.4) is 0 Å². The molecule has 1 heterocycles. The molecular weight excluding hydrogens is 222 g/mol. The highest BCUT2D eigenvalue weighted by molar-refractivity contribution is 5.34. The molecule has 0 bridgehead atoms. The Labute approximate surface area is 111 Å². The number of hydrogen-bond acceptors (Lipinski definition) is 2. The molecule has 100 valence electrons. The highest BCUT2D eigenvalue weighted by Gasteiger charge is 2.24. The Bertz CT molecular complexity index is 362. The zero-order chi connectivity index (χ0) is 13.0. The zero-order valence-corrected chi connectivity index (χ0v) is 11.8. The minimum absolute atomic E-state index is 0.378. The lowest BCUT2D eigenvalue weighted by Gasteiger charge is -2.31. The summed E-state index contributed by atoms with van der Waals surface area (Å²) in [6, 6.07) is 6.98. The maximum absolute atomic E-state index is 5.92. The van der Waals surface area contributed by atoms with Crippen LogP contribution in [-0.2, 0) is 11.2 Å². The summed E-state index contributed by atoms with van der Waals surface area (Å²) in [5, 5.41) is 3.45. The van der Waals surface area contributed by atoms with E-state index < -0.39 is 0 Å². The zero-order valence-electron chi connectivity index (χ0n) is 11.8. The van der Waals surface area contributed by atoms with Gasteiger partial charge in [0.2, 0.25) is 0 Å². The normalized spacial score (nSPS) is 21.8. The fourth-order valence-corrected chi connectivity index (χ4v) is 2.89. The van der Waals surface area contributed by atoms with E-state index >= 15 is 0 Å². The first-order valence-corrected chi connectivity index (χ1v) is 7.06. The third kappa shape index (κ3) is 3.12. The summed E-state index contributed by atoms with van der Waals surface area (Å²) in [7, 11) is 2.05. The number of benzene rings is 1. The Balaban J connectivity index is 2.09. The summed E-state index contributed by atoms with van der Waals surface area (Å²) in [5.74, 6) is 0. The predicted octanol–water partition coefficient (Wildman–Crippen LogP) is 3.00. The molecule has 1 saturated heterocycles. The van der Waals surface area contributed by atoms with E-state index in [1.54, 1.807) is 0 Å². The molecule has 1 fully saturated rings. The molecule has 0 spiro atoms. The molecule has 2 heteroatoms. The quantitative estimate of drug-likeness (QED) is 0.883. The molecule has 0 radical (unpaired) electrons. The third-order valence-corrected chi connectivity index (χ3v) is 4.10. The Morgan fingerprint density at radius 1 is 1.28 bits per heavy atom. The van der Waals surface area contributed by atoms with Gasteiger partial charge >= 0.3 is 0 Å². The fourth-order valence-electron chi connectivity index (χ4n) is 2.89. The lowest BCUT2D eigenvalue weighted by atomic mass is 9.91. The van der Waals surface area contributed by atoms with E-state index in [0.29, 0.717) is 12.1 Å². The minimum atomic E-state index is 0.378. The average molecular weight is 247 g/mol. The van der Waals surface area contributed by atoms with Crippen molar-refractivity contribution in [3.05, 3.63) is 34.9 Å². The van der Waals surface area contributed by atoms with E-state index in [1.165, 1.54) is 36.0 Å². The van der Waals surface area contributed by atoms with Crippen LogP contribution < -0.4 is 5.32 Å². The predicted molar refractivity (Wildman–Crippen MR) is 76.1 cm³/mol. The first-order valence-electron chi connectivity index (χ1n) is 7.06. The Morgan fingerprint density at radius 3 is 2.56 bits per heavy atom. The van der Waals surface area contributed by atoms with Crippen molar-refractivity contribution in [2.45, 2.75) is 51.7 Å². The van der Waals surface area contributed by atoms with Gasteiger partial charge < -0.3 is 10.1 Å². The second kappa shape index (κ2) is 6.35. The number of likely N-dealkylation sites (N-methyl/N-ethyl adjacent to an activating group) is 1. The highest BCUT2D eigenvalue weighted by Crippen LogP contribution is 2.21. The van der Waals surface area contributed by atoms with Crippen LogP contribution in [0.25, 0.3) is 0 Å². The number of ether oxygens (including phenoxy) is 1. The second-order valence-electron chi connectivity index (χ2n) is 5.37. The van der Waals surface area contributed by atoms with Gasteiger partial charge in [0.25, 0.3) is 0 Å². The SMILES string of the molecule is CNC(Cc1c(C)cccc1C)C1CCCCO1. The van der Waals surface area contributed by atoms with Crippen LogP contribution in [0, 0.1) is 13.8 Å². The van der Waals surface area contributed by atoms with Crippen LogP contribution in [0.1, 0.15) is 36.0 Å². The smallest absolute Gasteiger partial charge is 0.0731 e. The van der Waals surface area contributed by atoms with E-state index in [-0.39, 0.29) is 0 Å². The largest absolute Gasteiger partial charge is 0.377 e. The number of aryl methyl sites for hydroxylation is 2. The molecule has 2 rings (SSSR count). The number of hydrogen-bond donors (Lipinski definition) is 1. The summed E-state index contributed by atoms with van der Waals surface area (Å²) in [6.45, 7) is 5.34. The van der Waals surface area contributed by atoms with Gasteiger partial charge in [0, 0.05) is 12.6 Å². The van der Waals surface area contributed by atoms with Gasteiger partial charge in [0.1, 0.15) is 0 Å². The van der Waals surface area contributed by atoms with Crippen LogP contribution in [0.5, 0.6) is 0 Å². The molecule has 1 aliphatic rings. The van der Waals surface area contributed by atoms with Crippen molar-refractivity contribution >= 4 is 0 Å². The van der Waals surface area contributed by atoms with Crippen molar-refractivity contribution < 1.29 is 4.74 Å². The molecule has 0 aromatic heterocycles. The lowest BCUT2D eigenvalue weighted by Crippen LogP contribution is -2.43. The van der Waals surface area contributed by atoms with Crippen LogP contribution in [0.15, 0.2) is 18.2 Å².